The second-order valence-corrected chi connectivity index (χ2v) is 5.62. The van der Waals surface area contributed by atoms with Gasteiger partial charge in [-0.1, -0.05) is 30.2 Å². The number of imide groups is 1. The van der Waals surface area contributed by atoms with Crippen LogP contribution in [0.3, 0.4) is 0 Å². The van der Waals surface area contributed by atoms with Crippen LogP contribution < -0.4 is 5.84 Å². The monoisotopic (exact) mass is 248 g/mol. The molecule has 2 rings (SSSR count). The molecule has 1 saturated heterocycles. The van der Waals surface area contributed by atoms with Gasteiger partial charge >= 0.3 is 0 Å². The summed E-state index contributed by atoms with van der Waals surface area (Å²) in [4.78, 5) is 24.2. The zero-order valence-electron chi connectivity index (χ0n) is 11.3. The van der Waals surface area contributed by atoms with Crippen LogP contribution in [0.2, 0.25) is 0 Å². The molecule has 1 heterocycles. The number of nitrogens with zero attached hydrogens (tertiary/aromatic N) is 1. The molecule has 0 saturated carbocycles. The standard InChI is InChI=1S/C14H20N2O2/c1-7(2)5-10-6-8(3)9(4)11-12(10)14(18)16(15)13(11)17/h5-6,9-12H,15H2,1-4H3. The van der Waals surface area contributed by atoms with E-state index in [1.807, 2.05) is 27.7 Å². The van der Waals surface area contributed by atoms with E-state index in [-0.39, 0.29) is 35.5 Å². The topological polar surface area (TPSA) is 63.4 Å². The highest BCUT2D eigenvalue weighted by molar-refractivity contribution is 6.05. The van der Waals surface area contributed by atoms with E-state index in [1.165, 1.54) is 0 Å². The maximum atomic E-state index is 12.1. The molecule has 0 aromatic heterocycles. The quantitative estimate of drug-likeness (QED) is 0.332. The van der Waals surface area contributed by atoms with Gasteiger partial charge in [-0.05, 0) is 26.7 Å². The molecule has 4 unspecified atom stereocenters. The smallest absolute Gasteiger partial charge is 0.248 e. The van der Waals surface area contributed by atoms with E-state index in [1.54, 1.807) is 0 Å². The number of carbonyl (C=O) groups is 2. The Balaban J connectivity index is 2.48. The van der Waals surface area contributed by atoms with Gasteiger partial charge in [-0.15, -0.1) is 0 Å². The number of fused-ring (bicyclic) bond motifs is 1. The average molecular weight is 248 g/mol. The molecule has 0 spiro atoms. The number of amides is 2. The fraction of sp³-hybridized carbons (Fsp3) is 0.571. The van der Waals surface area contributed by atoms with Gasteiger partial charge in [0.25, 0.3) is 0 Å². The van der Waals surface area contributed by atoms with Crippen molar-refractivity contribution >= 4 is 11.8 Å². The number of carbonyl (C=O) groups excluding carboxylic acids is 2. The van der Waals surface area contributed by atoms with Gasteiger partial charge in [-0.3, -0.25) is 9.59 Å². The number of hydrazine groups is 1. The Morgan fingerprint density at radius 3 is 2.39 bits per heavy atom. The summed E-state index contributed by atoms with van der Waals surface area (Å²) in [6.45, 7) is 8.01. The van der Waals surface area contributed by atoms with Crippen LogP contribution >= 0.6 is 0 Å². The summed E-state index contributed by atoms with van der Waals surface area (Å²) in [5, 5.41) is 0.810. The Hall–Kier alpha value is -1.42. The summed E-state index contributed by atoms with van der Waals surface area (Å²) in [6.07, 6.45) is 4.15. The van der Waals surface area contributed by atoms with E-state index in [4.69, 9.17) is 5.84 Å². The van der Waals surface area contributed by atoms with Crippen molar-refractivity contribution in [3.63, 3.8) is 0 Å². The van der Waals surface area contributed by atoms with Crippen LogP contribution in [-0.2, 0) is 9.59 Å². The van der Waals surface area contributed by atoms with Crippen molar-refractivity contribution in [2.75, 3.05) is 0 Å². The molecular weight excluding hydrogens is 228 g/mol. The third-order valence-electron chi connectivity index (χ3n) is 4.08. The second-order valence-electron chi connectivity index (χ2n) is 5.62. The molecule has 0 aromatic rings. The highest BCUT2D eigenvalue weighted by Gasteiger charge is 2.53. The van der Waals surface area contributed by atoms with Crippen LogP contribution in [0.5, 0.6) is 0 Å². The van der Waals surface area contributed by atoms with Gasteiger partial charge in [0.15, 0.2) is 0 Å². The van der Waals surface area contributed by atoms with E-state index in [0.717, 1.165) is 16.2 Å². The van der Waals surface area contributed by atoms with E-state index >= 15 is 0 Å². The molecule has 2 aliphatic rings. The van der Waals surface area contributed by atoms with Crippen LogP contribution in [0.15, 0.2) is 23.3 Å². The van der Waals surface area contributed by atoms with Crippen molar-refractivity contribution in [3.05, 3.63) is 23.3 Å². The predicted molar refractivity (Wildman–Crippen MR) is 68.9 cm³/mol. The molecule has 4 atom stereocenters. The minimum Gasteiger partial charge on any atom is -0.273 e. The first-order chi connectivity index (χ1) is 8.34. The average Bonchev–Trinajstić information content (AvgIpc) is 2.50. The van der Waals surface area contributed by atoms with Crippen molar-refractivity contribution in [2.45, 2.75) is 27.7 Å². The molecule has 1 aliphatic heterocycles. The Morgan fingerprint density at radius 1 is 1.28 bits per heavy atom. The third kappa shape index (κ3) is 1.81. The lowest BCUT2D eigenvalue weighted by molar-refractivity contribution is -0.140. The fourth-order valence-electron chi connectivity index (χ4n) is 3.04. The summed E-state index contributed by atoms with van der Waals surface area (Å²) < 4.78 is 0. The number of hydrogen-bond acceptors (Lipinski definition) is 3. The minimum absolute atomic E-state index is 0.0128. The molecular formula is C14H20N2O2. The summed E-state index contributed by atoms with van der Waals surface area (Å²) in [6, 6.07) is 0. The Kier molecular flexibility index (Phi) is 3.15. The Bertz CT molecular complexity index is 460. The van der Waals surface area contributed by atoms with Crippen molar-refractivity contribution in [1.82, 2.24) is 5.01 Å². The molecule has 4 nitrogen and oxygen atoms in total. The molecule has 18 heavy (non-hydrogen) atoms. The lowest BCUT2D eigenvalue weighted by Crippen LogP contribution is -2.38. The number of rotatable bonds is 1. The van der Waals surface area contributed by atoms with Crippen molar-refractivity contribution in [3.8, 4) is 0 Å². The van der Waals surface area contributed by atoms with Crippen molar-refractivity contribution in [1.29, 1.82) is 0 Å². The van der Waals surface area contributed by atoms with E-state index in [9.17, 15) is 9.59 Å². The van der Waals surface area contributed by atoms with Crippen LogP contribution in [0.1, 0.15) is 27.7 Å². The fourth-order valence-corrected chi connectivity index (χ4v) is 3.04. The zero-order valence-corrected chi connectivity index (χ0v) is 11.3. The normalized spacial score (nSPS) is 35.4. The predicted octanol–water partition coefficient (Wildman–Crippen LogP) is 1.64. The Labute approximate surface area is 107 Å². The lowest BCUT2D eigenvalue weighted by atomic mass is 9.69. The molecule has 4 heteroatoms. The summed E-state index contributed by atoms with van der Waals surface area (Å²) in [5.74, 6) is 4.54. The number of allylic oxidation sites excluding steroid dienone is 4. The molecule has 0 aromatic carbocycles. The Morgan fingerprint density at radius 2 is 1.83 bits per heavy atom. The maximum Gasteiger partial charge on any atom is 0.248 e. The molecule has 0 radical (unpaired) electrons. The molecule has 1 fully saturated rings. The number of hydrogen-bond donors (Lipinski definition) is 1. The van der Waals surface area contributed by atoms with Crippen LogP contribution in [0.4, 0.5) is 0 Å². The molecule has 1 aliphatic carbocycles. The molecule has 2 N–H and O–H groups in total. The van der Waals surface area contributed by atoms with E-state index < -0.39 is 0 Å². The van der Waals surface area contributed by atoms with Crippen LogP contribution in [-0.4, -0.2) is 16.8 Å². The third-order valence-corrected chi connectivity index (χ3v) is 4.08. The van der Waals surface area contributed by atoms with Gasteiger partial charge in [0, 0.05) is 5.92 Å². The van der Waals surface area contributed by atoms with Gasteiger partial charge < -0.3 is 0 Å². The first-order valence-corrected chi connectivity index (χ1v) is 6.30. The molecule has 2 amide bonds. The van der Waals surface area contributed by atoms with Crippen LogP contribution in [0, 0.1) is 23.7 Å². The van der Waals surface area contributed by atoms with Crippen molar-refractivity contribution < 1.29 is 9.59 Å². The largest absolute Gasteiger partial charge is 0.273 e. The van der Waals surface area contributed by atoms with E-state index in [0.29, 0.717) is 0 Å². The van der Waals surface area contributed by atoms with Gasteiger partial charge in [0.2, 0.25) is 11.8 Å². The summed E-state index contributed by atoms with van der Waals surface area (Å²) >= 11 is 0. The van der Waals surface area contributed by atoms with Gasteiger partial charge in [-0.25, -0.2) is 10.9 Å². The maximum absolute atomic E-state index is 12.1. The number of nitrogens with two attached hydrogens (primary N) is 1. The van der Waals surface area contributed by atoms with Gasteiger partial charge in [0.1, 0.15) is 0 Å². The lowest BCUT2D eigenvalue weighted by Gasteiger charge is -2.32. The SMILES string of the molecule is CC(C)=CC1C=C(C)C(C)C2C(=O)N(N)C(=O)C12. The van der Waals surface area contributed by atoms with Crippen LogP contribution in [0.25, 0.3) is 0 Å². The minimum atomic E-state index is -0.323. The molecule has 0 bridgehead atoms. The molecule has 98 valence electrons. The highest BCUT2D eigenvalue weighted by Crippen LogP contribution is 2.44. The second kappa shape index (κ2) is 4.35. The van der Waals surface area contributed by atoms with Gasteiger partial charge in [-0.2, -0.15) is 0 Å². The summed E-state index contributed by atoms with van der Waals surface area (Å²) in [7, 11) is 0. The first-order valence-electron chi connectivity index (χ1n) is 6.30. The first kappa shape index (κ1) is 13.0. The zero-order chi connectivity index (χ0) is 13.6. The van der Waals surface area contributed by atoms with Gasteiger partial charge in [0.05, 0.1) is 11.8 Å². The summed E-state index contributed by atoms with van der Waals surface area (Å²) in [5.41, 5.74) is 2.31. The highest BCUT2D eigenvalue weighted by atomic mass is 16.2. The van der Waals surface area contributed by atoms with E-state index in [2.05, 4.69) is 12.2 Å². The van der Waals surface area contributed by atoms with Crippen molar-refractivity contribution in [2.24, 2.45) is 29.5 Å².